The molecule has 0 spiro atoms. The molecule has 2 aromatic rings. The lowest BCUT2D eigenvalue weighted by Crippen LogP contribution is -2.48. The van der Waals surface area contributed by atoms with Gasteiger partial charge in [0.15, 0.2) is 0 Å². The molecule has 1 aromatic heterocycles. The van der Waals surface area contributed by atoms with E-state index in [1.54, 1.807) is 6.20 Å². The number of fused-ring (bicyclic) bond motifs is 1. The van der Waals surface area contributed by atoms with Crippen molar-refractivity contribution in [3.63, 3.8) is 0 Å². The number of anilines is 1. The summed E-state index contributed by atoms with van der Waals surface area (Å²) in [6, 6.07) is 9.85. The second kappa shape index (κ2) is 4.97. The maximum atomic E-state index is 12.1. The lowest BCUT2D eigenvalue weighted by molar-refractivity contribution is -0.121. The first-order chi connectivity index (χ1) is 9.24. The summed E-state index contributed by atoms with van der Waals surface area (Å²) in [6.07, 6.45) is 1.71. The van der Waals surface area contributed by atoms with Crippen molar-refractivity contribution in [2.75, 3.05) is 18.4 Å². The number of amides is 1. The van der Waals surface area contributed by atoms with Crippen LogP contribution in [0.2, 0.25) is 0 Å². The number of para-hydroxylation sites is 1. The molecule has 0 radical (unpaired) electrons. The number of carbonyl (C=O) groups excluding carboxylic acids is 1. The summed E-state index contributed by atoms with van der Waals surface area (Å²) < 4.78 is 0. The van der Waals surface area contributed by atoms with Crippen LogP contribution in [-0.4, -0.2) is 24.0 Å². The highest BCUT2D eigenvalue weighted by Crippen LogP contribution is 2.20. The van der Waals surface area contributed by atoms with Crippen molar-refractivity contribution in [3.05, 3.63) is 36.5 Å². The van der Waals surface area contributed by atoms with Gasteiger partial charge in [0.1, 0.15) is 0 Å². The summed E-state index contributed by atoms with van der Waals surface area (Å²) in [4.78, 5) is 16.5. The van der Waals surface area contributed by atoms with Crippen LogP contribution in [0.5, 0.6) is 0 Å². The third-order valence-corrected chi connectivity index (χ3v) is 3.79. The van der Waals surface area contributed by atoms with Gasteiger partial charge < -0.3 is 10.6 Å². The molecule has 0 bridgehead atoms. The summed E-state index contributed by atoms with van der Waals surface area (Å²) in [5.74, 6) is 0.560. The minimum atomic E-state index is 0.0349. The van der Waals surface area contributed by atoms with Gasteiger partial charge in [-0.3, -0.25) is 9.78 Å². The Labute approximate surface area is 112 Å². The number of rotatable bonds is 3. The lowest BCUT2D eigenvalue weighted by atomic mass is 9.88. The number of hydrogen-bond acceptors (Lipinski definition) is 3. The quantitative estimate of drug-likeness (QED) is 0.882. The Kier molecular flexibility index (Phi) is 3.17. The lowest BCUT2D eigenvalue weighted by Gasteiger charge is -2.31. The number of carbonyl (C=O) groups is 1. The maximum Gasteiger partial charge on any atom is 0.227 e. The SMILES string of the molecule is CC(C(=O)Nc1cnc2ccccc2c1)C1CNC1. The van der Waals surface area contributed by atoms with Crippen LogP contribution >= 0.6 is 0 Å². The molecule has 4 nitrogen and oxygen atoms in total. The Balaban J connectivity index is 1.75. The normalized spacial score (nSPS) is 16.9. The fraction of sp³-hybridized carbons (Fsp3) is 0.333. The van der Waals surface area contributed by atoms with E-state index in [-0.39, 0.29) is 11.8 Å². The van der Waals surface area contributed by atoms with Gasteiger partial charge >= 0.3 is 0 Å². The van der Waals surface area contributed by atoms with Crippen LogP contribution in [0.15, 0.2) is 36.5 Å². The molecule has 19 heavy (non-hydrogen) atoms. The van der Waals surface area contributed by atoms with Gasteiger partial charge in [0.05, 0.1) is 17.4 Å². The van der Waals surface area contributed by atoms with Crippen LogP contribution in [0, 0.1) is 11.8 Å². The highest BCUT2D eigenvalue weighted by Gasteiger charge is 2.28. The van der Waals surface area contributed by atoms with Gasteiger partial charge in [0, 0.05) is 11.3 Å². The van der Waals surface area contributed by atoms with E-state index >= 15 is 0 Å². The third-order valence-electron chi connectivity index (χ3n) is 3.79. The molecule has 1 amide bonds. The number of hydrogen-bond donors (Lipinski definition) is 2. The Morgan fingerprint density at radius 3 is 2.95 bits per heavy atom. The number of pyridine rings is 1. The van der Waals surface area contributed by atoms with Crippen LogP contribution in [0.25, 0.3) is 10.9 Å². The first-order valence-corrected chi connectivity index (χ1v) is 6.60. The van der Waals surface area contributed by atoms with Crippen LogP contribution in [0.1, 0.15) is 6.92 Å². The minimum Gasteiger partial charge on any atom is -0.324 e. The molecule has 0 aliphatic carbocycles. The molecule has 1 unspecified atom stereocenters. The van der Waals surface area contributed by atoms with E-state index in [2.05, 4.69) is 15.6 Å². The maximum absolute atomic E-state index is 12.1. The molecule has 1 saturated heterocycles. The average molecular weight is 255 g/mol. The van der Waals surface area contributed by atoms with Crippen LogP contribution in [0.3, 0.4) is 0 Å². The van der Waals surface area contributed by atoms with E-state index in [0.29, 0.717) is 5.92 Å². The molecule has 0 saturated carbocycles. The molecule has 98 valence electrons. The molecule has 2 N–H and O–H groups in total. The standard InChI is InChI=1S/C15H17N3O/c1-10(12-7-16-8-12)15(19)18-13-6-11-4-2-3-5-14(11)17-9-13/h2-6,9-10,12,16H,7-8H2,1H3,(H,18,19). The predicted octanol–water partition coefficient (Wildman–Crippen LogP) is 2.03. The van der Waals surface area contributed by atoms with Gasteiger partial charge in [-0.15, -0.1) is 0 Å². The monoisotopic (exact) mass is 255 g/mol. The number of aromatic nitrogens is 1. The van der Waals surface area contributed by atoms with Gasteiger partial charge in [0.2, 0.25) is 5.91 Å². The molecule has 1 aromatic carbocycles. The van der Waals surface area contributed by atoms with E-state index in [1.807, 2.05) is 37.3 Å². The second-order valence-electron chi connectivity index (χ2n) is 5.11. The molecular formula is C15H17N3O. The number of nitrogens with zero attached hydrogens (tertiary/aromatic N) is 1. The van der Waals surface area contributed by atoms with Gasteiger partial charge in [-0.1, -0.05) is 25.1 Å². The van der Waals surface area contributed by atoms with Crippen molar-refractivity contribution in [3.8, 4) is 0 Å². The Morgan fingerprint density at radius 2 is 2.21 bits per heavy atom. The van der Waals surface area contributed by atoms with E-state index in [4.69, 9.17) is 0 Å². The summed E-state index contributed by atoms with van der Waals surface area (Å²) in [5, 5.41) is 7.19. The van der Waals surface area contributed by atoms with Crippen molar-refractivity contribution in [2.45, 2.75) is 6.92 Å². The van der Waals surface area contributed by atoms with E-state index in [9.17, 15) is 4.79 Å². The van der Waals surface area contributed by atoms with E-state index in [1.165, 1.54) is 0 Å². The zero-order chi connectivity index (χ0) is 13.2. The van der Waals surface area contributed by atoms with Crippen molar-refractivity contribution >= 4 is 22.5 Å². The molecule has 3 rings (SSSR count). The first-order valence-electron chi connectivity index (χ1n) is 6.60. The first kappa shape index (κ1) is 12.1. The molecule has 1 aliphatic heterocycles. The zero-order valence-corrected chi connectivity index (χ0v) is 10.9. The molecule has 1 fully saturated rings. The Bertz CT molecular complexity index is 607. The third kappa shape index (κ3) is 2.44. The summed E-state index contributed by atoms with van der Waals surface area (Å²) in [7, 11) is 0. The molecular weight excluding hydrogens is 238 g/mol. The van der Waals surface area contributed by atoms with Crippen molar-refractivity contribution in [1.82, 2.24) is 10.3 Å². The van der Waals surface area contributed by atoms with Crippen molar-refractivity contribution < 1.29 is 4.79 Å². The van der Waals surface area contributed by atoms with Crippen molar-refractivity contribution in [2.24, 2.45) is 11.8 Å². The summed E-state index contributed by atoms with van der Waals surface area (Å²) in [5.41, 5.74) is 1.71. The fourth-order valence-corrected chi connectivity index (χ4v) is 2.27. The molecule has 1 atom stereocenters. The Hall–Kier alpha value is -1.94. The van der Waals surface area contributed by atoms with Gasteiger partial charge in [0.25, 0.3) is 0 Å². The molecule has 4 heteroatoms. The topological polar surface area (TPSA) is 54.0 Å². The highest BCUT2D eigenvalue weighted by atomic mass is 16.1. The van der Waals surface area contributed by atoms with Crippen LogP contribution < -0.4 is 10.6 Å². The molecule has 1 aliphatic rings. The van der Waals surface area contributed by atoms with Crippen LogP contribution in [0.4, 0.5) is 5.69 Å². The average Bonchev–Trinajstić information content (AvgIpc) is 2.36. The Morgan fingerprint density at radius 1 is 1.42 bits per heavy atom. The fourth-order valence-electron chi connectivity index (χ4n) is 2.27. The summed E-state index contributed by atoms with van der Waals surface area (Å²) >= 11 is 0. The summed E-state index contributed by atoms with van der Waals surface area (Å²) in [6.45, 7) is 3.85. The predicted molar refractivity (Wildman–Crippen MR) is 75.9 cm³/mol. The van der Waals surface area contributed by atoms with E-state index < -0.39 is 0 Å². The smallest absolute Gasteiger partial charge is 0.227 e. The van der Waals surface area contributed by atoms with Crippen molar-refractivity contribution in [1.29, 1.82) is 0 Å². The van der Waals surface area contributed by atoms with E-state index in [0.717, 1.165) is 29.7 Å². The van der Waals surface area contributed by atoms with Gasteiger partial charge in [-0.05, 0) is 31.1 Å². The van der Waals surface area contributed by atoms with Gasteiger partial charge in [-0.2, -0.15) is 0 Å². The molecule has 2 heterocycles. The zero-order valence-electron chi connectivity index (χ0n) is 10.9. The number of benzene rings is 1. The minimum absolute atomic E-state index is 0.0349. The second-order valence-corrected chi connectivity index (χ2v) is 5.11. The van der Waals surface area contributed by atoms with Gasteiger partial charge in [-0.25, -0.2) is 0 Å². The number of nitrogens with one attached hydrogen (secondary N) is 2. The largest absolute Gasteiger partial charge is 0.324 e. The highest BCUT2D eigenvalue weighted by molar-refractivity contribution is 5.94. The van der Waals surface area contributed by atoms with Crippen LogP contribution in [-0.2, 0) is 4.79 Å².